The number of likely N-dealkylation sites (N-methyl/N-ethyl adjacent to an activating group) is 1. The van der Waals surface area contributed by atoms with Crippen molar-refractivity contribution in [3.63, 3.8) is 0 Å². The molecular weight excluding hydrogens is 257 g/mol. The fraction of sp³-hybridized carbons (Fsp3) is 0.500. The highest BCUT2D eigenvalue weighted by Gasteiger charge is 2.20. The van der Waals surface area contributed by atoms with Crippen molar-refractivity contribution in [3.05, 3.63) is 35.1 Å². The molecule has 0 saturated carbocycles. The van der Waals surface area contributed by atoms with Crippen LogP contribution in [0.25, 0.3) is 0 Å². The number of benzene rings is 1. The minimum atomic E-state index is -0.283. The first-order valence-corrected chi connectivity index (χ1v) is 6.87. The molecule has 1 aliphatic rings. The summed E-state index contributed by atoms with van der Waals surface area (Å²) >= 11 is 0. The highest BCUT2D eigenvalue weighted by molar-refractivity contribution is 5.41. The first-order valence-electron chi connectivity index (χ1n) is 6.87. The smallest absolute Gasteiger partial charge is 0.124 e. The van der Waals surface area contributed by atoms with Crippen LogP contribution in [0, 0.1) is 17.7 Å². The van der Waals surface area contributed by atoms with Crippen molar-refractivity contribution in [2.24, 2.45) is 0 Å². The van der Waals surface area contributed by atoms with E-state index in [1.54, 1.807) is 6.07 Å². The van der Waals surface area contributed by atoms with E-state index in [1.165, 1.54) is 12.1 Å². The van der Waals surface area contributed by atoms with Crippen LogP contribution in [-0.2, 0) is 11.3 Å². The monoisotopic (exact) mass is 277 g/mol. The third-order valence-electron chi connectivity index (χ3n) is 3.48. The molecule has 0 radical (unpaired) electrons. The molecule has 1 unspecified atom stereocenters. The van der Waals surface area contributed by atoms with Gasteiger partial charge in [-0.3, -0.25) is 4.90 Å². The Morgan fingerprint density at radius 2 is 2.35 bits per heavy atom. The summed E-state index contributed by atoms with van der Waals surface area (Å²) in [5, 5.41) is 8.76. The topological polar surface area (TPSA) is 32.7 Å². The summed E-state index contributed by atoms with van der Waals surface area (Å²) in [7, 11) is 2.05. The van der Waals surface area contributed by atoms with Crippen LogP contribution in [-0.4, -0.2) is 42.9 Å². The van der Waals surface area contributed by atoms with Gasteiger partial charge in [-0.15, -0.1) is 0 Å². The fourth-order valence-corrected chi connectivity index (χ4v) is 2.28. The molecule has 20 heavy (non-hydrogen) atoms. The van der Waals surface area contributed by atoms with E-state index >= 15 is 0 Å². The number of ether oxygens (including phenoxy) is 1. The molecule has 1 aromatic carbocycles. The van der Waals surface area contributed by atoms with Gasteiger partial charge in [0, 0.05) is 31.2 Å². The predicted octanol–water partition coefficient (Wildman–Crippen LogP) is 1.78. The average Bonchev–Trinajstić information content (AvgIpc) is 2.96. The number of aliphatic hydroxyl groups excluding tert-OH is 1. The molecule has 1 aromatic rings. The van der Waals surface area contributed by atoms with Crippen LogP contribution in [0.5, 0.6) is 0 Å². The van der Waals surface area contributed by atoms with Gasteiger partial charge in [0.15, 0.2) is 0 Å². The molecule has 0 bridgehead atoms. The lowest BCUT2D eigenvalue weighted by Gasteiger charge is -2.23. The van der Waals surface area contributed by atoms with Crippen LogP contribution in [0.15, 0.2) is 18.2 Å². The summed E-state index contributed by atoms with van der Waals surface area (Å²) < 4.78 is 18.7. The molecule has 0 aromatic heterocycles. The molecule has 1 saturated heterocycles. The zero-order valence-corrected chi connectivity index (χ0v) is 11.7. The second-order valence-electron chi connectivity index (χ2n) is 5.01. The van der Waals surface area contributed by atoms with Crippen molar-refractivity contribution < 1.29 is 14.2 Å². The van der Waals surface area contributed by atoms with Gasteiger partial charge in [-0.05, 0) is 31.2 Å². The lowest BCUT2D eigenvalue weighted by molar-refractivity contribution is 0.156. The highest BCUT2D eigenvalue weighted by atomic mass is 19.1. The predicted molar refractivity (Wildman–Crippen MR) is 75.7 cm³/mol. The second kappa shape index (κ2) is 7.39. The zero-order chi connectivity index (χ0) is 14.4. The Morgan fingerprint density at radius 3 is 3.05 bits per heavy atom. The summed E-state index contributed by atoms with van der Waals surface area (Å²) in [6.07, 6.45) is 1.44. The number of aliphatic hydroxyl groups is 1. The van der Waals surface area contributed by atoms with Gasteiger partial charge in [-0.25, -0.2) is 4.39 Å². The van der Waals surface area contributed by atoms with Crippen LogP contribution >= 0.6 is 0 Å². The maximum Gasteiger partial charge on any atom is 0.124 e. The fourth-order valence-electron chi connectivity index (χ4n) is 2.28. The Bertz CT molecular complexity index is 501. The van der Waals surface area contributed by atoms with Gasteiger partial charge in [0.25, 0.3) is 0 Å². The van der Waals surface area contributed by atoms with E-state index in [0.717, 1.165) is 31.7 Å². The standard InChI is InChI=1S/C16H20FNO2/c1-18(16-7-9-20-12-16)11-14-5-6-15(17)10-13(14)4-2-3-8-19/h5-6,10,16,19H,3,7-9,11-12H2,1H3. The molecule has 1 atom stereocenters. The minimum absolute atomic E-state index is 0.0248. The Labute approximate surface area is 119 Å². The lowest BCUT2D eigenvalue weighted by Crippen LogP contribution is -2.31. The Morgan fingerprint density at radius 1 is 1.50 bits per heavy atom. The van der Waals surface area contributed by atoms with Crippen molar-refractivity contribution in [2.45, 2.75) is 25.4 Å². The molecule has 1 aliphatic heterocycles. The first-order chi connectivity index (χ1) is 9.70. The third-order valence-corrected chi connectivity index (χ3v) is 3.48. The highest BCUT2D eigenvalue weighted by Crippen LogP contribution is 2.17. The molecule has 1 fully saturated rings. The van der Waals surface area contributed by atoms with Crippen molar-refractivity contribution in [3.8, 4) is 11.8 Å². The number of rotatable bonds is 4. The second-order valence-corrected chi connectivity index (χ2v) is 5.01. The van der Waals surface area contributed by atoms with Crippen molar-refractivity contribution in [1.82, 2.24) is 4.90 Å². The van der Waals surface area contributed by atoms with E-state index in [4.69, 9.17) is 9.84 Å². The molecular formula is C16H20FNO2. The lowest BCUT2D eigenvalue weighted by atomic mass is 10.1. The summed E-state index contributed by atoms with van der Waals surface area (Å²) in [4.78, 5) is 2.22. The Kier molecular flexibility index (Phi) is 5.54. The summed E-state index contributed by atoms with van der Waals surface area (Å²) in [6, 6.07) is 5.12. The molecule has 3 nitrogen and oxygen atoms in total. The van der Waals surface area contributed by atoms with Crippen LogP contribution in [0.3, 0.4) is 0 Å². The maximum absolute atomic E-state index is 13.3. The molecule has 0 aliphatic carbocycles. The third kappa shape index (κ3) is 4.04. The minimum Gasteiger partial charge on any atom is -0.395 e. The SMILES string of the molecule is CN(Cc1ccc(F)cc1C#CCCO)C1CCOC1. The van der Waals surface area contributed by atoms with Gasteiger partial charge in [0.1, 0.15) is 5.82 Å². The molecule has 4 heteroatoms. The van der Waals surface area contributed by atoms with Crippen molar-refractivity contribution in [1.29, 1.82) is 0 Å². The molecule has 0 amide bonds. The van der Waals surface area contributed by atoms with Crippen LogP contribution in [0.1, 0.15) is 24.0 Å². The molecule has 0 spiro atoms. The van der Waals surface area contributed by atoms with Crippen molar-refractivity contribution in [2.75, 3.05) is 26.9 Å². The Balaban J connectivity index is 2.11. The largest absolute Gasteiger partial charge is 0.395 e. The van der Waals surface area contributed by atoms with Crippen LogP contribution in [0.4, 0.5) is 4.39 Å². The number of halogens is 1. The molecule has 108 valence electrons. The summed E-state index contributed by atoms with van der Waals surface area (Å²) in [6.45, 7) is 2.30. The van der Waals surface area contributed by atoms with Crippen LogP contribution < -0.4 is 0 Å². The Hall–Kier alpha value is -1.41. The zero-order valence-electron chi connectivity index (χ0n) is 11.7. The van der Waals surface area contributed by atoms with Crippen LogP contribution in [0.2, 0.25) is 0 Å². The molecule has 1 heterocycles. The van der Waals surface area contributed by atoms with Gasteiger partial charge in [-0.2, -0.15) is 0 Å². The van der Waals surface area contributed by atoms with E-state index in [1.807, 2.05) is 7.05 Å². The molecule has 1 N–H and O–H groups in total. The van der Waals surface area contributed by atoms with E-state index in [9.17, 15) is 4.39 Å². The van der Waals surface area contributed by atoms with Gasteiger partial charge >= 0.3 is 0 Å². The number of hydrogen-bond acceptors (Lipinski definition) is 3. The number of hydrogen-bond donors (Lipinski definition) is 1. The van der Waals surface area contributed by atoms with Crippen molar-refractivity contribution >= 4 is 0 Å². The molecule has 2 rings (SSSR count). The van der Waals surface area contributed by atoms with Gasteiger partial charge in [0.05, 0.1) is 13.2 Å². The van der Waals surface area contributed by atoms with E-state index in [2.05, 4.69) is 16.7 Å². The summed E-state index contributed by atoms with van der Waals surface area (Å²) in [5.41, 5.74) is 1.70. The van der Waals surface area contributed by atoms with Gasteiger partial charge in [0.2, 0.25) is 0 Å². The number of nitrogens with zero attached hydrogens (tertiary/aromatic N) is 1. The van der Waals surface area contributed by atoms with E-state index in [-0.39, 0.29) is 12.4 Å². The van der Waals surface area contributed by atoms with E-state index < -0.39 is 0 Å². The maximum atomic E-state index is 13.3. The van der Waals surface area contributed by atoms with Gasteiger partial charge < -0.3 is 9.84 Å². The summed E-state index contributed by atoms with van der Waals surface area (Å²) in [5.74, 6) is 5.51. The van der Waals surface area contributed by atoms with Gasteiger partial charge in [-0.1, -0.05) is 17.9 Å². The average molecular weight is 277 g/mol. The quantitative estimate of drug-likeness (QED) is 0.852. The normalized spacial score (nSPS) is 18.1. The first kappa shape index (κ1) is 15.0. The van der Waals surface area contributed by atoms with E-state index in [0.29, 0.717) is 18.0 Å².